The molecule has 1 saturated carbocycles. The molecule has 0 radical (unpaired) electrons. The van der Waals surface area contributed by atoms with E-state index in [2.05, 4.69) is 39.6 Å². The molecule has 0 spiro atoms. The van der Waals surface area contributed by atoms with Crippen LogP contribution >= 0.6 is 0 Å². The fraction of sp³-hybridized carbons (Fsp3) is 0.667. The van der Waals surface area contributed by atoms with Crippen molar-refractivity contribution in [2.24, 2.45) is 4.99 Å². The minimum atomic E-state index is 0.633. The fourth-order valence-electron chi connectivity index (χ4n) is 3.15. The molecule has 152 valence electrons. The lowest BCUT2D eigenvalue weighted by atomic mass is 10.1. The number of aliphatic imine (C=N–C) groups is 1. The van der Waals surface area contributed by atoms with Crippen LogP contribution in [-0.2, 0) is 6.42 Å². The predicted octanol–water partition coefficient (Wildman–Crippen LogP) is 2.68. The van der Waals surface area contributed by atoms with E-state index in [0.717, 1.165) is 56.1 Å². The molecule has 1 fully saturated rings. The Morgan fingerprint density at radius 3 is 2.41 bits per heavy atom. The Labute approximate surface area is 164 Å². The van der Waals surface area contributed by atoms with Crippen molar-refractivity contribution in [3.05, 3.63) is 23.8 Å². The van der Waals surface area contributed by atoms with Gasteiger partial charge in [0, 0.05) is 32.7 Å². The van der Waals surface area contributed by atoms with Crippen molar-refractivity contribution >= 4 is 5.96 Å². The van der Waals surface area contributed by atoms with Crippen molar-refractivity contribution in [2.45, 2.75) is 46.1 Å². The van der Waals surface area contributed by atoms with Crippen LogP contribution < -0.4 is 20.1 Å². The van der Waals surface area contributed by atoms with Gasteiger partial charge in [-0.2, -0.15) is 0 Å². The second-order valence-corrected chi connectivity index (χ2v) is 6.68. The van der Waals surface area contributed by atoms with Crippen molar-refractivity contribution in [2.75, 3.05) is 46.4 Å². The zero-order valence-corrected chi connectivity index (χ0v) is 17.4. The molecule has 2 N–H and O–H groups in total. The number of ether oxygens (including phenoxy) is 2. The highest BCUT2D eigenvalue weighted by molar-refractivity contribution is 5.79. The molecule has 0 heterocycles. The summed E-state index contributed by atoms with van der Waals surface area (Å²) in [6, 6.07) is 6.97. The van der Waals surface area contributed by atoms with E-state index in [4.69, 9.17) is 9.47 Å². The average molecular weight is 377 g/mol. The van der Waals surface area contributed by atoms with Gasteiger partial charge in [0.25, 0.3) is 0 Å². The molecule has 0 aliphatic heterocycles. The first-order valence-electron chi connectivity index (χ1n) is 10.3. The van der Waals surface area contributed by atoms with Crippen LogP contribution in [0.25, 0.3) is 0 Å². The Kier molecular flexibility index (Phi) is 9.25. The van der Waals surface area contributed by atoms with Gasteiger partial charge in [-0.3, -0.25) is 9.89 Å². The lowest BCUT2D eigenvalue weighted by Crippen LogP contribution is -2.42. The molecule has 1 aliphatic carbocycles. The predicted molar refractivity (Wildman–Crippen MR) is 112 cm³/mol. The zero-order valence-electron chi connectivity index (χ0n) is 17.4. The summed E-state index contributed by atoms with van der Waals surface area (Å²) in [6.45, 7) is 11.4. The van der Waals surface area contributed by atoms with Gasteiger partial charge in [-0.15, -0.1) is 0 Å². The third kappa shape index (κ3) is 7.29. The molecule has 0 unspecified atom stereocenters. The summed E-state index contributed by atoms with van der Waals surface area (Å²) < 4.78 is 11.3. The first-order chi connectivity index (χ1) is 13.2. The Balaban J connectivity index is 1.75. The summed E-state index contributed by atoms with van der Waals surface area (Å²) in [4.78, 5) is 6.86. The van der Waals surface area contributed by atoms with Gasteiger partial charge in [0.05, 0.1) is 13.2 Å². The second-order valence-electron chi connectivity index (χ2n) is 6.68. The highest BCUT2D eigenvalue weighted by Gasteiger charge is 2.27. The number of benzene rings is 1. The van der Waals surface area contributed by atoms with Gasteiger partial charge in [0.2, 0.25) is 0 Å². The Hall–Kier alpha value is -1.95. The molecule has 0 bridgehead atoms. The van der Waals surface area contributed by atoms with Crippen LogP contribution in [0.5, 0.6) is 11.5 Å². The maximum absolute atomic E-state index is 5.70. The van der Waals surface area contributed by atoms with Crippen molar-refractivity contribution in [1.29, 1.82) is 0 Å². The molecule has 0 saturated heterocycles. The number of hydrogen-bond donors (Lipinski definition) is 2. The summed E-state index contributed by atoms with van der Waals surface area (Å²) in [5.41, 5.74) is 1.22. The number of rotatable bonds is 12. The minimum Gasteiger partial charge on any atom is -0.490 e. The molecular weight excluding hydrogens is 340 g/mol. The van der Waals surface area contributed by atoms with Crippen LogP contribution in [0.4, 0.5) is 0 Å². The standard InChI is InChI=1S/C21H36N4O2/c1-5-25(18-9-10-18)15-14-24-21(22-4)23-13-12-17-8-11-19(26-6-2)20(16-17)27-7-3/h8,11,16,18H,5-7,9-10,12-15H2,1-4H3,(H2,22,23,24). The summed E-state index contributed by atoms with van der Waals surface area (Å²) in [6.07, 6.45) is 3.61. The summed E-state index contributed by atoms with van der Waals surface area (Å²) in [5, 5.41) is 6.81. The highest BCUT2D eigenvalue weighted by atomic mass is 16.5. The van der Waals surface area contributed by atoms with E-state index in [0.29, 0.717) is 13.2 Å². The second kappa shape index (κ2) is 11.7. The van der Waals surface area contributed by atoms with Crippen LogP contribution in [0.3, 0.4) is 0 Å². The molecule has 27 heavy (non-hydrogen) atoms. The maximum Gasteiger partial charge on any atom is 0.191 e. The van der Waals surface area contributed by atoms with E-state index in [1.54, 1.807) is 0 Å². The Morgan fingerprint density at radius 1 is 1.07 bits per heavy atom. The van der Waals surface area contributed by atoms with Crippen LogP contribution in [0.2, 0.25) is 0 Å². The summed E-state index contributed by atoms with van der Waals surface area (Å²) in [7, 11) is 1.82. The van der Waals surface area contributed by atoms with Gasteiger partial charge < -0.3 is 20.1 Å². The Bertz CT molecular complexity index is 588. The monoisotopic (exact) mass is 376 g/mol. The molecule has 6 heteroatoms. The minimum absolute atomic E-state index is 0.633. The maximum atomic E-state index is 5.70. The lowest BCUT2D eigenvalue weighted by molar-refractivity contribution is 0.282. The summed E-state index contributed by atoms with van der Waals surface area (Å²) in [5.74, 6) is 2.49. The molecule has 1 aromatic rings. The molecule has 0 amide bonds. The third-order valence-electron chi connectivity index (χ3n) is 4.70. The van der Waals surface area contributed by atoms with E-state index in [1.807, 2.05) is 27.0 Å². The molecule has 1 aliphatic rings. The van der Waals surface area contributed by atoms with Gasteiger partial charge in [0.15, 0.2) is 17.5 Å². The Morgan fingerprint density at radius 2 is 1.78 bits per heavy atom. The third-order valence-corrected chi connectivity index (χ3v) is 4.70. The average Bonchev–Trinajstić information content (AvgIpc) is 3.51. The van der Waals surface area contributed by atoms with E-state index in [-0.39, 0.29) is 0 Å². The molecular formula is C21H36N4O2. The number of hydrogen-bond acceptors (Lipinski definition) is 4. The molecule has 6 nitrogen and oxygen atoms in total. The van der Waals surface area contributed by atoms with Crippen LogP contribution in [0.15, 0.2) is 23.2 Å². The van der Waals surface area contributed by atoms with E-state index < -0.39 is 0 Å². The molecule has 2 rings (SSSR count). The number of nitrogens with zero attached hydrogens (tertiary/aromatic N) is 2. The topological polar surface area (TPSA) is 58.1 Å². The van der Waals surface area contributed by atoms with E-state index >= 15 is 0 Å². The lowest BCUT2D eigenvalue weighted by Gasteiger charge is -2.20. The quantitative estimate of drug-likeness (QED) is 0.434. The number of guanidine groups is 1. The zero-order chi connectivity index (χ0) is 19.5. The highest BCUT2D eigenvalue weighted by Crippen LogP contribution is 2.28. The first-order valence-corrected chi connectivity index (χ1v) is 10.3. The van der Waals surface area contributed by atoms with Gasteiger partial charge in [0.1, 0.15) is 0 Å². The summed E-state index contributed by atoms with van der Waals surface area (Å²) >= 11 is 0. The van der Waals surface area contributed by atoms with Crippen molar-refractivity contribution in [1.82, 2.24) is 15.5 Å². The van der Waals surface area contributed by atoms with Crippen LogP contribution in [-0.4, -0.2) is 63.3 Å². The van der Waals surface area contributed by atoms with Gasteiger partial charge >= 0.3 is 0 Å². The number of likely N-dealkylation sites (N-methyl/N-ethyl adjacent to an activating group) is 1. The van der Waals surface area contributed by atoms with E-state index in [1.165, 1.54) is 18.4 Å². The van der Waals surface area contributed by atoms with Crippen molar-refractivity contribution in [3.63, 3.8) is 0 Å². The van der Waals surface area contributed by atoms with Crippen LogP contribution in [0, 0.1) is 0 Å². The van der Waals surface area contributed by atoms with Gasteiger partial charge in [-0.05, 0) is 57.4 Å². The first kappa shape index (κ1) is 21.4. The van der Waals surface area contributed by atoms with Crippen molar-refractivity contribution < 1.29 is 9.47 Å². The number of nitrogens with one attached hydrogen (secondary N) is 2. The van der Waals surface area contributed by atoms with Gasteiger partial charge in [-0.1, -0.05) is 13.0 Å². The smallest absolute Gasteiger partial charge is 0.191 e. The van der Waals surface area contributed by atoms with Gasteiger partial charge in [-0.25, -0.2) is 0 Å². The molecule has 0 atom stereocenters. The fourth-order valence-corrected chi connectivity index (χ4v) is 3.15. The van der Waals surface area contributed by atoms with E-state index in [9.17, 15) is 0 Å². The molecule has 0 aromatic heterocycles. The van der Waals surface area contributed by atoms with Crippen LogP contribution in [0.1, 0.15) is 39.2 Å². The normalized spacial score (nSPS) is 14.3. The van der Waals surface area contributed by atoms with Crippen molar-refractivity contribution in [3.8, 4) is 11.5 Å². The SMILES string of the molecule is CCOc1ccc(CCNC(=NC)NCCN(CC)C2CC2)cc1OCC. The largest absolute Gasteiger partial charge is 0.490 e. The molecule has 1 aromatic carbocycles.